The summed E-state index contributed by atoms with van der Waals surface area (Å²) in [7, 11) is 1.72. The second kappa shape index (κ2) is 9.76. The summed E-state index contributed by atoms with van der Waals surface area (Å²) in [6.45, 7) is 9.15. The first-order valence-corrected chi connectivity index (χ1v) is 10.3. The third kappa shape index (κ3) is 5.07. The van der Waals surface area contributed by atoms with Gasteiger partial charge in [0.15, 0.2) is 0 Å². The number of morpholine rings is 1. The SMILES string of the molecule is COc1ccccc1N1CCN(c2nccc(NCCN3CCOCC3)n2)CC1. The van der Waals surface area contributed by atoms with Crippen LogP contribution in [0.15, 0.2) is 36.5 Å². The molecule has 2 saturated heterocycles. The van der Waals surface area contributed by atoms with Crippen molar-refractivity contribution in [3.63, 3.8) is 0 Å². The number of rotatable bonds is 7. The summed E-state index contributed by atoms with van der Waals surface area (Å²) in [5, 5.41) is 3.43. The van der Waals surface area contributed by atoms with E-state index in [0.717, 1.165) is 88.8 Å². The topological polar surface area (TPSA) is 66.0 Å². The van der Waals surface area contributed by atoms with Crippen LogP contribution in [-0.2, 0) is 4.74 Å². The van der Waals surface area contributed by atoms with Crippen LogP contribution >= 0.6 is 0 Å². The Morgan fingerprint density at radius 1 is 1.00 bits per heavy atom. The molecule has 0 radical (unpaired) electrons. The fraction of sp³-hybridized carbons (Fsp3) is 0.524. The smallest absolute Gasteiger partial charge is 0.227 e. The molecule has 8 heteroatoms. The number of aromatic nitrogens is 2. The third-order valence-electron chi connectivity index (χ3n) is 5.47. The van der Waals surface area contributed by atoms with Gasteiger partial charge in [0.25, 0.3) is 0 Å². The molecule has 3 heterocycles. The Labute approximate surface area is 172 Å². The van der Waals surface area contributed by atoms with E-state index in [1.54, 1.807) is 7.11 Å². The van der Waals surface area contributed by atoms with Crippen molar-refractivity contribution in [2.75, 3.05) is 87.8 Å². The van der Waals surface area contributed by atoms with E-state index < -0.39 is 0 Å². The second-order valence-electron chi connectivity index (χ2n) is 7.27. The van der Waals surface area contributed by atoms with Gasteiger partial charge in [0, 0.05) is 58.6 Å². The normalized spacial score (nSPS) is 18.0. The standard InChI is InChI=1S/C21H30N6O2/c1-28-19-5-3-2-4-18(19)26-10-12-27(13-11-26)21-23-7-6-20(24-21)22-8-9-25-14-16-29-17-15-25/h2-7H,8-17H2,1H3,(H,22,23,24). The highest BCUT2D eigenvalue weighted by molar-refractivity contribution is 5.59. The Morgan fingerprint density at radius 2 is 1.76 bits per heavy atom. The molecule has 2 aromatic rings. The van der Waals surface area contributed by atoms with Crippen LogP contribution in [0.2, 0.25) is 0 Å². The summed E-state index contributed by atoms with van der Waals surface area (Å²) in [5.74, 6) is 2.60. The maximum atomic E-state index is 5.51. The lowest BCUT2D eigenvalue weighted by atomic mass is 10.2. The maximum Gasteiger partial charge on any atom is 0.227 e. The zero-order valence-corrected chi connectivity index (χ0v) is 17.1. The van der Waals surface area contributed by atoms with Crippen molar-refractivity contribution in [3.05, 3.63) is 36.5 Å². The van der Waals surface area contributed by atoms with Gasteiger partial charge in [-0.25, -0.2) is 4.98 Å². The van der Waals surface area contributed by atoms with Crippen molar-refractivity contribution in [1.82, 2.24) is 14.9 Å². The number of hydrogen-bond donors (Lipinski definition) is 1. The Morgan fingerprint density at radius 3 is 2.55 bits per heavy atom. The van der Waals surface area contributed by atoms with E-state index in [1.165, 1.54) is 0 Å². The van der Waals surface area contributed by atoms with Crippen LogP contribution in [0.3, 0.4) is 0 Å². The monoisotopic (exact) mass is 398 g/mol. The van der Waals surface area contributed by atoms with Crippen molar-refractivity contribution in [1.29, 1.82) is 0 Å². The van der Waals surface area contributed by atoms with Gasteiger partial charge in [-0.1, -0.05) is 12.1 Å². The molecule has 2 fully saturated rings. The number of piperazine rings is 1. The summed E-state index contributed by atoms with van der Waals surface area (Å²) in [5.41, 5.74) is 1.15. The summed E-state index contributed by atoms with van der Waals surface area (Å²) in [4.78, 5) is 16.2. The highest BCUT2D eigenvalue weighted by Gasteiger charge is 2.21. The minimum Gasteiger partial charge on any atom is -0.495 e. The van der Waals surface area contributed by atoms with E-state index in [9.17, 15) is 0 Å². The molecule has 0 amide bonds. The molecule has 1 N–H and O–H groups in total. The molecule has 8 nitrogen and oxygen atoms in total. The van der Waals surface area contributed by atoms with Crippen LogP contribution in [0.5, 0.6) is 5.75 Å². The summed E-state index contributed by atoms with van der Waals surface area (Å²) >= 11 is 0. The summed E-state index contributed by atoms with van der Waals surface area (Å²) < 4.78 is 10.9. The van der Waals surface area contributed by atoms with Gasteiger partial charge < -0.3 is 24.6 Å². The van der Waals surface area contributed by atoms with Crippen molar-refractivity contribution in [2.24, 2.45) is 0 Å². The summed E-state index contributed by atoms with van der Waals surface area (Å²) in [6, 6.07) is 10.1. The van der Waals surface area contributed by atoms with E-state index >= 15 is 0 Å². The van der Waals surface area contributed by atoms with Crippen LogP contribution in [0.4, 0.5) is 17.5 Å². The third-order valence-corrected chi connectivity index (χ3v) is 5.47. The van der Waals surface area contributed by atoms with Crippen molar-refractivity contribution < 1.29 is 9.47 Å². The number of hydrogen-bond acceptors (Lipinski definition) is 8. The molecule has 0 spiro atoms. The Hall–Kier alpha value is -2.58. The molecule has 2 aliphatic heterocycles. The lowest BCUT2D eigenvalue weighted by Gasteiger charge is -2.36. The number of benzene rings is 1. The van der Waals surface area contributed by atoms with Gasteiger partial charge in [-0.2, -0.15) is 4.98 Å². The number of nitrogens with zero attached hydrogens (tertiary/aromatic N) is 5. The number of para-hydroxylation sites is 2. The first kappa shape index (κ1) is 19.7. The molecule has 156 valence electrons. The molecule has 0 atom stereocenters. The fourth-order valence-electron chi connectivity index (χ4n) is 3.80. The van der Waals surface area contributed by atoms with Crippen LogP contribution in [0, 0.1) is 0 Å². The zero-order chi connectivity index (χ0) is 19.9. The van der Waals surface area contributed by atoms with Crippen molar-refractivity contribution in [2.45, 2.75) is 0 Å². The minimum atomic E-state index is 0.793. The predicted molar refractivity (Wildman–Crippen MR) is 115 cm³/mol. The van der Waals surface area contributed by atoms with Gasteiger partial charge in [0.2, 0.25) is 5.95 Å². The van der Waals surface area contributed by atoms with Gasteiger partial charge in [0.05, 0.1) is 26.0 Å². The first-order valence-electron chi connectivity index (χ1n) is 10.3. The molecule has 1 aromatic heterocycles. The Bertz CT molecular complexity index is 775. The lowest BCUT2D eigenvalue weighted by Crippen LogP contribution is -2.47. The van der Waals surface area contributed by atoms with E-state index in [0.29, 0.717) is 0 Å². The first-order chi connectivity index (χ1) is 14.3. The van der Waals surface area contributed by atoms with Crippen LogP contribution in [0.1, 0.15) is 0 Å². The van der Waals surface area contributed by atoms with Gasteiger partial charge in [-0.05, 0) is 18.2 Å². The number of ether oxygens (including phenoxy) is 2. The lowest BCUT2D eigenvalue weighted by molar-refractivity contribution is 0.0398. The highest BCUT2D eigenvalue weighted by atomic mass is 16.5. The molecule has 1 aromatic carbocycles. The quantitative estimate of drug-likeness (QED) is 0.754. The zero-order valence-electron chi connectivity index (χ0n) is 17.1. The average Bonchev–Trinajstić information content (AvgIpc) is 2.80. The average molecular weight is 399 g/mol. The molecule has 0 bridgehead atoms. The molecule has 0 saturated carbocycles. The Balaban J connectivity index is 1.30. The number of nitrogens with one attached hydrogen (secondary N) is 1. The van der Waals surface area contributed by atoms with Crippen LogP contribution < -0.4 is 19.9 Å². The van der Waals surface area contributed by atoms with Crippen molar-refractivity contribution >= 4 is 17.5 Å². The van der Waals surface area contributed by atoms with Crippen LogP contribution in [0.25, 0.3) is 0 Å². The van der Waals surface area contributed by atoms with E-state index in [2.05, 4.69) is 37.1 Å². The van der Waals surface area contributed by atoms with Crippen molar-refractivity contribution in [3.8, 4) is 5.75 Å². The molecule has 0 unspecified atom stereocenters. The van der Waals surface area contributed by atoms with E-state index in [4.69, 9.17) is 14.5 Å². The number of anilines is 3. The van der Waals surface area contributed by atoms with Gasteiger partial charge in [-0.3, -0.25) is 4.90 Å². The van der Waals surface area contributed by atoms with Gasteiger partial charge >= 0.3 is 0 Å². The minimum absolute atomic E-state index is 0.793. The highest BCUT2D eigenvalue weighted by Crippen LogP contribution is 2.28. The van der Waals surface area contributed by atoms with E-state index in [-0.39, 0.29) is 0 Å². The molecule has 2 aliphatic rings. The predicted octanol–water partition coefficient (Wildman–Crippen LogP) is 1.56. The second-order valence-corrected chi connectivity index (χ2v) is 7.27. The molecule has 0 aliphatic carbocycles. The van der Waals surface area contributed by atoms with Crippen LogP contribution in [-0.4, -0.2) is 87.5 Å². The van der Waals surface area contributed by atoms with Gasteiger partial charge in [0.1, 0.15) is 11.6 Å². The molecular formula is C21H30N6O2. The molecule has 4 rings (SSSR count). The summed E-state index contributed by atoms with van der Waals surface area (Å²) in [6.07, 6.45) is 1.84. The fourth-order valence-corrected chi connectivity index (χ4v) is 3.80. The van der Waals surface area contributed by atoms with E-state index in [1.807, 2.05) is 24.4 Å². The maximum absolute atomic E-state index is 5.51. The van der Waals surface area contributed by atoms with Gasteiger partial charge in [-0.15, -0.1) is 0 Å². The number of methoxy groups -OCH3 is 1. The molecule has 29 heavy (non-hydrogen) atoms. The largest absolute Gasteiger partial charge is 0.495 e. The Kier molecular flexibility index (Phi) is 6.63. The molecular weight excluding hydrogens is 368 g/mol.